The van der Waals surface area contributed by atoms with E-state index in [4.69, 9.17) is 11.6 Å². The van der Waals surface area contributed by atoms with Crippen molar-refractivity contribution in [3.05, 3.63) is 64.7 Å². The highest BCUT2D eigenvalue weighted by Gasteiger charge is 2.52. The van der Waals surface area contributed by atoms with Gasteiger partial charge >= 0.3 is 6.18 Å². The topological polar surface area (TPSA) is 75.3 Å². The summed E-state index contributed by atoms with van der Waals surface area (Å²) >= 11 is 5.55. The predicted molar refractivity (Wildman–Crippen MR) is 100 cm³/mol. The third-order valence-corrected chi connectivity index (χ3v) is 5.00. The molecule has 0 radical (unpaired) electrons. The number of Topliss-reactive ketones (excluding diaryl/α,β-unsaturated/α-hetero) is 1. The van der Waals surface area contributed by atoms with Crippen molar-refractivity contribution in [3.63, 3.8) is 0 Å². The molecule has 1 fully saturated rings. The fourth-order valence-electron chi connectivity index (χ4n) is 3.25. The van der Waals surface area contributed by atoms with Crippen LogP contribution in [0.3, 0.4) is 0 Å². The molecule has 0 saturated carbocycles. The quantitative estimate of drug-likeness (QED) is 0.736. The molecule has 5 nitrogen and oxygen atoms in total. The van der Waals surface area contributed by atoms with Crippen LogP contribution in [0.25, 0.3) is 0 Å². The largest absolute Gasteiger partial charge is 0.417 e. The van der Waals surface area contributed by atoms with Gasteiger partial charge in [0.1, 0.15) is 5.54 Å². The van der Waals surface area contributed by atoms with Crippen LogP contribution in [-0.4, -0.2) is 23.1 Å². The highest BCUT2D eigenvalue weighted by atomic mass is 35.5. The van der Waals surface area contributed by atoms with Crippen LogP contribution in [0.2, 0.25) is 5.02 Å². The molecule has 2 atom stereocenters. The van der Waals surface area contributed by atoms with Crippen molar-refractivity contribution in [1.82, 2.24) is 5.32 Å². The molecule has 0 spiro atoms. The summed E-state index contributed by atoms with van der Waals surface area (Å²) in [6.45, 7) is 1.51. The summed E-state index contributed by atoms with van der Waals surface area (Å²) in [5.74, 6) is -4.10. The number of halogens is 4. The van der Waals surface area contributed by atoms with Crippen LogP contribution in [0.15, 0.2) is 48.5 Å². The molecule has 1 heterocycles. The number of hydrogen-bond acceptors (Lipinski definition) is 3. The Morgan fingerprint density at radius 3 is 2.45 bits per heavy atom. The van der Waals surface area contributed by atoms with Gasteiger partial charge < -0.3 is 10.6 Å². The zero-order valence-electron chi connectivity index (χ0n) is 15.1. The highest BCUT2D eigenvalue weighted by Crippen LogP contribution is 2.36. The van der Waals surface area contributed by atoms with Gasteiger partial charge in [-0.05, 0) is 30.7 Å². The van der Waals surface area contributed by atoms with E-state index in [-0.39, 0.29) is 12.1 Å². The van der Waals surface area contributed by atoms with Gasteiger partial charge in [-0.3, -0.25) is 14.4 Å². The third kappa shape index (κ3) is 4.27. The van der Waals surface area contributed by atoms with E-state index in [0.29, 0.717) is 6.07 Å². The maximum Gasteiger partial charge on any atom is 0.417 e. The minimum atomic E-state index is -4.72. The number of alkyl halides is 3. The molecular weight excluding hydrogens is 409 g/mol. The average molecular weight is 425 g/mol. The van der Waals surface area contributed by atoms with E-state index in [1.54, 1.807) is 30.3 Å². The summed E-state index contributed by atoms with van der Waals surface area (Å²) in [7, 11) is 0. The van der Waals surface area contributed by atoms with E-state index < -0.39 is 45.8 Å². The van der Waals surface area contributed by atoms with Gasteiger partial charge in [0.2, 0.25) is 11.8 Å². The van der Waals surface area contributed by atoms with Gasteiger partial charge in [0.05, 0.1) is 10.6 Å². The summed E-state index contributed by atoms with van der Waals surface area (Å²) in [6, 6.07) is 11.7. The minimum Gasteiger partial charge on any atom is -0.342 e. The fraction of sp³-hybridized carbons (Fsp3) is 0.250. The van der Waals surface area contributed by atoms with Crippen LogP contribution < -0.4 is 10.6 Å². The van der Waals surface area contributed by atoms with E-state index >= 15 is 0 Å². The van der Waals surface area contributed by atoms with E-state index in [9.17, 15) is 27.6 Å². The standard InChI is InChI=1S/C20H16ClF3N2O3/c1-19(10-11-5-3-2-4-6-11)16(27)15(18(29)26-19)17(28)25-12-7-8-14(21)13(9-12)20(22,23)24/h2-9,15H,10H2,1H3,(H,25,28)(H,26,29). The number of benzene rings is 2. The van der Waals surface area contributed by atoms with E-state index in [1.165, 1.54) is 6.92 Å². The summed E-state index contributed by atoms with van der Waals surface area (Å²) in [5.41, 5.74) is -1.85. The molecule has 3 rings (SSSR count). The number of carbonyl (C=O) groups excluding carboxylic acids is 3. The number of hydrogen-bond donors (Lipinski definition) is 2. The molecule has 1 aliphatic rings. The van der Waals surface area contributed by atoms with Crippen molar-refractivity contribution in [2.75, 3.05) is 5.32 Å². The van der Waals surface area contributed by atoms with Crippen molar-refractivity contribution >= 4 is 34.9 Å². The number of nitrogens with one attached hydrogen (secondary N) is 2. The van der Waals surface area contributed by atoms with E-state index in [2.05, 4.69) is 10.6 Å². The molecule has 0 aromatic heterocycles. The Balaban J connectivity index is 1.80. The Morgan fingerprint density at radius 2 is 1.83 bits per heavy atom. The Bertz CT molecular complexity index is 979. The van der Waals surface area contributed by atoms with Crippen molar-refractivity contribution < 1.29 is 27.6 Å². The van der Waals surface area contributed by atoms with Gasteiger partial charge in [-0.15, -0.1) is 0 Å². The van der Waals surface area contributed by atoms with Gasteiger partial charge in [0.15, 0.2) is 11.7 Å². The molecule has 0 bridgehead atoms. The van der Waals surface area contributed by atoms with Crippen molar-refractivity contribution in [2.45, 2.75) is 25.1 Å². The lowest BCUT2D eigenvalue weighted by Crippen LogP contribution is -2.45. The smallest absolute Gasteiger partial charge is 0.342 e. The Labute approximate surface area is 169 Å². The second-order valence-electron chi connectivity index (χ2n) is 6.96. The lowest BCUT2D eigenvalue weighted by molar-refractivity contribution is -0.138. The number of amides is 2. The first-order valence-electron chi connectivity index (χ1n) is 8.59. The van der Waals surface area contributed by atoms with Gasteiger partial charge in [-0.25, -0.2) is 0 Å². The van der Waals surface area contributed by atoms with Gasteiger partial charge in [0.25, 0.3) is 0 Å². The fourth-order valence-corrected chi connectivity index (χ4v) is 3.48. The Kier molecular flexibility index (Phi) is 5.40. The minimum absolute atomic E-state index is 0.182. The van der Waals surface area contributed by atoms with Crippen LogP contribution in [0.1, 0.15) is 18.1 Å². The first-order valence-corrected chi connectivity index (χ1v) is 8.97. The first kappa shape index (κ1) is 20.9. The van der Waals surface area contributed by atoms with Crippen molar-refractivity contribution in [2.24, 2.45) is 5.92 Å². The Hall–Kier alpha value is -2.87. The molecule has 2 amide bonds. The zero-order valence-corrected chi connectivity index (χ0v) is 15.9. The number of rotatable bonds is 4. The van der Waals surface area contributed by atoms with Crippen molar-refractivity contribution in [3.8, 4) is 0 Å². The van der Waals surface area contributed by atoms with Crippen LogP contribution in [-0.2, 0) is 27.0 Å². The predicted octanol–water partition coefficient (Wildman–Crippen LogP) is 3.61. The maximum atomic E-state index is 13.0. The average Bonchev–Trinajstić information content (AvgIpc) is 2.85. The molecule has 1 saturated heterocycles. The van der Waals surface area contributed by atoms with E-state index in [1.807, 2.05) is 0 Å². The molecule has 2 aromatic carbocycles. The zero-order chi connectivity index (χ0) is 21.4. The molecule has 9 heteroatoms. The monoisotopic (exact) mass is 424 g/mol. The van der Waals surface area contributed by atoms with E-state index in [0.717, 1.165) is 17.7 Å². The van der Waals surface area contributed by atoms with Gasteiger partial charge in [-0.2, -0.15) is 13.2 Å². The lowest BCUT2D eigenvalue weighted by Gasteiger charge is -2.22. The molecule has 0 aliphatic carbocycles. The molecule has 1 aliphatic heterocycles. The summed E-state index contributed by atoms with van der Waals surface area (Å²) in [6.07, 6.45) is -4.53. The first-order chi connectivity index (χ1) is 13.5. The SMILES string of the molecule is CC1(Cc2ccccc2)NC(=O)C(C(=O)Nc2ccc(Cl)c(C(F)(F)F)c2)C1=O. The Morgan fingerprint density at radius 1 is 1.17 bits per heavy atom. The van der Waals surface area contributed by atoms with Crippen LogP contribution in [0.5, 0.6) is 0 Å². The second kappa shape index (κ2) is 7.51. The molecule has 152 valence electrons. The normalized spacial score (nSPS) is 21.8. The molecule has 2 unspecified atom stereocenters. The summed E-state index contributed by atoms with van der Waals surface area (Å²) in [4.78, 5) is 37.6. The van der Waals surface area contributed by atoms with Gasteiger partial charge in [-0.1, -0.05) is 41.9 Å². The molecule has 2 aromatic rings. The third-order valence-electron chi connectivity index (χ3n) is 4.67. The maximum absolute atomic E-state index is 13.0. The van der Waals surface area contributed by atoms with Crippen molar-refractivity contribution in [1.29, 1.82) is 0 Å². The molecule has 29 heavy (non-hydrogen) atoms. The number of ketones is 1. The highest BCUT2D eigenvalue weighted by molar-refractivity contribution is 6.31. The molecular formula is C20H16ClF3N2O3. The number of carbonyl (C=O) groups is 3. The van der Waals surface area contributed by atoms with Crippen LogP contribution >= 0.6 is 11.6 Å². The lowest BCUT2D eigenvalue weighted by atomic mass is 9.86. The van der Waals surface area contributed by atoms with Gasteiger partial charge in [0, 0.05) is 12.1 Å². The number of anilines is 1. The second-order valence-corrected chi connectivity index (χ2v) is 7.37. The van der Waals surface area contributed by atoms with Crippen LogP contribution in [0, 0.1) is 5.92 Å². The van der Waals surface area contributed by atoms with Crippen LogP contribution in [0.4, 0.5) is 18.9 Å². The molecule has 2 N–H and O–H groups in total. The summed E-state index contributed by atoms with van der Waals surface area (Å²) in [5, 5.41) is 4.22. The summed E-state index contributed by atoms with van der Waals surface area (Å²) < 4.78 is 39.0.